The summed E-state index contributed by atoms with van der Waals surface area (Å²) < 4.78 is 34.0. The summed E-state index contributed by atoms with van der Waals surface area (Å²) in [6.45, 7) is 3.73. The Morgan fingerprint density at radius 1 is 1.15 bits per heavy atom. The van der Waals surface area contributed by atoms with Crippen molar-refractivity contribution in [3.63, 3.8) is 0 Å². The molecule has 8 heteroatoms. The summed E-state index contributed by atoms with van der Waals surface area (Å²) >= 11 is 0. The lowest BCUT2D eigenvalue weighted by molar-refractivity contribution is 0.539. The molecule has 1 N–H and O–H groups in total. The number of nitrogens with one attached hydrogen (secondary N) is 1. The van der Waals surface area contributed by atoms with E-state index in [1.54, 1.807) is 37.3 Å². The predicted octanol–water partition coefficient (Wildman–Crippen LogP) is 2.10. The van der Waals surface area contributed by atoms with Crippen LogP contribution >= 0.6 is 0 Å². The topological polar surface area (TPSA) is 94.2 Å². The lowest BCUT2D eigenvalue weighted by atomic mass is 10.2. The van der Waals surface area contributed by atoms with Crippen molar-refractivity contribution in [3.05, 3.63) is 70.2 Å². The molecule has 0 aliphatic heterocycles. The van der Waals surface area contributed by atoms with Crippen LogP contribution in [0.5, 0.6) is 0 Å². The van der Waals surface area contributed by atoms with E-state index in [-0.39, 0.29) is 23.5 Å². The molecule has 0 atom stereocenters. The summed E-state index contributed by atoms with van der Waals surface area (Å²) in [4.78, 5) is 12.2. The van der Waals surface area contributed by atoms with Gasteiger partial charge in [0.05, 0.1) is 17.7 Å². The molecule has 26 heavy (non-hydrogen) atoms. The second kappa shape index (κ2) is 7.27. The van der Waals surface area contributed by atoms with E-state index in [1.165, 1.54) is 17.0 Å². The number of hydrogen-bond donors (Lipinski definition) is 1. The number of benzene rings is 1. The molecule has 2 heterocycles. The quantitative estimate of drug-likeness (QED) is 0.714. The average molecular weight is 373 g/mol. The molecule has 3 rings (SSSR count). The van der Waals surface area contributed by atoms with Crippen LogP contribution in [-0.2, 0) is 16.6 Å². The zero-order valence-electron chi connectivity index (χ0n) is 14.5. The van der Waals surface area contributed by atoms with Gasteiger partial charge in [-0.1, -0.05) is 12.1 Å². The van der Waals surface area contributed by atoms with Crippen molar-refractivity contribution in [1.29, 1.82) is 0 Å². The normalized spacial score (nSPS) is 11.6. The first kappa shape index (κ1) is 18.1. The maximum atomic E-state index is 12.5. The summed E-state index contributed by atoms with van der Waals surface area (Å²) in [5, 5.41) is 4.21. The maximum Gasteiger partial charge on any atom is 0.266 e. The molecule has 2 aromatic heterocycles. The van der Waals surface area contributed by atoms with E-state index in [0.29, 0.717) is 17.0 Å². The summed E-state index contributed by atoms with van der Waals surface area (Å²) in [6, 6.07) is 11.7. The SMILES string of the molecule is Cc1ccc(C)c(S(=O)(=O)NCCn2nc(-c3ccco3)ccc2=O)c1. The molecule has 0 aliphatic rings. The van der Waals surface area contributed by atoms with Crippen LogP contribution in [0.15, 0.2) is 62.8 Å². The Balaban J connectivity index is 1.74. The van der Waals surface area contributed by atoms with Crippen molar-refractivity contribution >= 4 is 10.0 Å². The maximum absolute atomic E-state index is 12.5. The second-order valence-corrected chi connectivity index (χ2v) is 7.66. The predicted molar refractivity (Wildman–Crippen MR) is 97.3 cm³/mol. The van der Waals surface area contributed by atoms with E-state index >= 15 is 0 Å². The third-order valence-corrected chi connectivity index (χ3v) is 5.49. The highest BCUT2D eigenvalue weighted by Crippen LogP contribution is 2.17. The molecule has 0 saturated heterocycles. The number of furan rings is 1. The van der Waals surface area contributed by atoms with E-state index < -0.39 is 10.0 Å². The lowest BCUT2D eigenvalue weighted by Crippen LogP contribution is -2.32. The van der Waals surface area contributed by atoms with E-state index in [1.807, 2.05) is 13.0 Å². The monoisotopic (exact) mass is 373 g/mol. The van der Waals surface area contributed by atoms with Crippen molar-refractivity contribution in [1.82, 2.24) is 14.5 Å². The number of nitrogens with zero attached hydrogens (tertiary/aromatic N) is 2. The molecule has 0 spiro atoms. The minimum absolute atomic E-state index is 0.0459. The molecule has 0 amide bonds. The van der Waals surface area contributed by atoms with Gasteiger partial charge in [0.25, 0.3) is 5.56 Å². The van der Waals surface area contributed by atoms with Crippen LogP contribution in [0.25, 0.3) is 11.5 Å². The lowest BCUT2D eigenvalue weighted by Gasteiger charge is -2.11. The molecule has 0 radical (unpaired) electrons. The third kappa shape index (κ3) is 3.92. The van der Waals surface area contributed by atoms with Gasteiger partial charge < -0.3 is 4.42 Å². The highest BCUT2D eigenvalue weighted by atomic mass is 32.2. The molecule has 1 aromatic carbocycles. The van der Waals surface area contributed by atoms with Crippen molar-refractivity contribution in [2.75, 3.05) is 6.54 Å². The fraction of sp³-hybridized carbons (Fsp3) is 0.222. The zero-order chi connectivity index (χ0) is 18.7. The zero-order valence-corrected chi connectivity index (χ0v) is 15.3. The van der Waals surface area contributed by atoms with E-state index in [9.17, 15) is 13.2 Å². The van der Waals surface area contributed by atoms with Gasteiger partial charge in [0.2, 0.25) is 10.0 Å². The Bertz CT molecular complexity index is 1070. The van der Waals surface area contributed by atoms with Gasteiger partial charge in [0.1, 0.15) is 5.69 Å². The molecule has 0 unspecified atom stereocenters. The Morgan fingerprint density at radius 3 is 2.69 bits per heavy atom. The number of aryl methyl sites for hydroxylation is 2. The number of hydrogen-bond acceptors (Lipinski definition) is 5. The van der Waals surface area contributed by atoms with Crippen LogP contribution in [0, 0.1) is 13.8 Å². The molecule has 0 saturated carbocycles. The van der Waals surface area contributed by atoms with Gasteiger partial charge in [-0.2, -0.15) is 5.10 Å². The molecular formula is C18H19N3O4S. The molecule has 3 aromatic rings. The number of sulfonamides is 1. The van der Waals surface area contributed by atoms with Crippen LogP contribution in [0.3, 0.4) is 0 Å². The van der Waals surface area contributed by atoms with Gasteiger partial charge in [-0.25, -0.2) is 17.8 Å². The van der Waals surface area contributed by atoms with E-state index in [4.69, 9.17) is 4.42 Å². The summed E-state index contributed by atoms with van der Waals surface area (Å²) in [7, 11) is -3.66. The second-order valence-electron chi connectivity index (χ2n) is 5.92. The summed E-state index contributed by atoms with van der Waals surface area (Å²) in [6.07, 6.45) is 1.52. The first-order valence-corrected chi connectivity index (χ1v) is 9.54. The van der Waals surface area contributed by atoms with Crippen LogP contribution < -0.4 is 10.3 Å². The highest BCUT2D eigenvalue weighted by Gasteiger charge is 2.16. The Morgan fingerprint density at radius 2 is 1.96 bits per heavy atom. The van der Waals surface area contributed by atoms with Crippen molar-refractivity contribution < 1.29 is 12.8 Å². The van der Waals surface area contributed by atoms with Crippen LogP contribution in [0.4, 0.5) is 0 Å². The summed E-state index contributed by atoms with van der Waals surface area (Å²) in [5.41, 5.74) is 1.72. The smallest absolute Gasteiger partial charge is 0.266 e. The summed E-state index contributed by atoms with van der Waals surface area (Å²) in [5.74, 6) is 0.537. The van der Waals surface area contributed by atoms with Gasteiger partial charge in [-0.15, -0.1) is 0 Å². The van der Waals surface area contributed by atoms with E-state index in [0.717, 1.165) is 5.56 Å². The molecule has 0 bridgehead atoms. The van der Waals surface area contributed by atoms with Crippen LogP contribution in [0.2, 0.25) is 0 Å². The molecule has 136 valence electrons. The standard InChI is InChI=1S/C18H19N3O4S/c1-13-5-6-14(2)17(12-13)26(23,24)19-9-10-21-18(22)8-7-15(20-21)16-4-3-11-25-16/h3-8,11-12,19H,9-10H2,1-2H3. The van der Waals surface area contributed by atoms with Crippen molar-refractivity contribution in [3.8, 4) is 11.5 Å². The fourth-order valence-electron chi connectivity index (χ4n) is 2.53. The molecule has 0 fully saturated rings. The van der Waals surface area contributed by atoms with E-state index in [2.05, 4.69) is 9.82 Å². The molecular weight excluding hydrogens is 354 g/mol. The minimum Gasteiger partial charge on any atom is -0.463 e. The van der Waals surface area contributed by atoms with Gasteiger partial charge >= 0.3 is 0 Å². The van der Waals surface area contributed by atoms with Crippen molar-refractivity contribution in [2.24, 2.45) is 0 Å². The third-order valence-electron chi connectivity index (χ3n) is 3.89. The van der Waals surface area contributed by atoms with Gasteiger partial charge in [0, 0.05) is 12.6 Å². The Hall–Kier alpha value is -2.71. The minimum atomic E-state index is -3.66. The van der Waals surface area contributed by atoms with Crippen LogP contribution in [-0.4, -0.2) is 24.7 Å². The van der Waals surface area contributed by atoms with Crippen LogP contribution in [0.1, 0.15) is 11.1 Å². The molecule has 0 aliphatic carbocycles. The Labute approximate surface area is 151 Å². The average Bonchev–Trinajstić information content (AvgIpc) is 3.13. The Kier molecular flexibility index (Phi) is 5.06. The number of aromatic nitrogens is 2. The molecule has 7 nitrogen and oxygen atoms in total. The van der Waals surface area contributed by atoms with Gasteiger partial charge in [-0.05, 0) is 49.2 Å². The van der Waals surface area contributed by atoms with Crippen molar-refractivity contribution in [2.45, 2.75) is 25.3 Å². The first-order chi connectivity index (χ1) is 12.4. The largest absolute Gasteiger partial charge is 0.463 e. The first-order valence-electron chi connectivity index (χ1n) is 8.06. The number of rotatable bonds is 6. The van der Waals surface area contributed by atoms with Gasteiger partial charge in [0.15, 0.2) is 5.76 Å². The highest BCUT2D eigenvalue weighted by molar-refractivity contribution is 7.89. The van der Waals surface area contributed by atoms with Gasteiger partial charge in [-0.3, -0.25) is 4.79 Å². The fourth-order valence-corrected chi connectivity index (χ4v) is 3.87.